The zero-order valence-corrected chi connectivity index (χ0v) is 16.9. The van der Waals surface area contributed by atoms with Gasteiger partial charge in [0.15, 0.2) is 5.76 Å². The molecule has 2 aromatic carbocycles. The molecule has 0 fully saturated rings. The van der Waals surface area contributed by atoms with Crippen molar-refractivity contribution in [2.45, 2.75) is 9.99 Å². The second-order valence-corrected chi connectivity index (χ2v) is 8.65. The average molecular weight is 486 g/mol. The van der Waals surface area contributed by atoms with E-state index in [0.717, 1.165) is 6.07 Å². The Kier molecular flexibility index (Phi) is 5.54. The Hall–Kier alpha value is -2.69. The molecule has 0 aliphatic heterocycles. The van der Waals surface area contributed by atoms with Crippen LogP contribution in [0.2, 0.25) is 5.02 Å². The van der Waals surface area contributed by atoms with E-state index in [1.54, 1.807) is 12.1 Å². The number of furan rings is 1. The minimum Gasteiger partial charge on any atom is -0.439 e. The fourth-order valence-corrected chi connectivity index (χ4v) is 3.88. The van der Waals surface area contributed by atoms with Crippen LogP contribution in [0.5, 0.6) is 0 Å². The van der Waals surface area contributed by atoms with Gasteiger partial charge in [0.1, 0.15) is 0 Å². The lowest BCUT2D eigenvalue weighted by molar-refractivity contribution is -0.384. The minimum absolute atomic E-state index is 0.00965. The van der Waals surface area contributed by atoms with Gasteiger partial charge in [-0.3, -0.25) is 14.9 Å². The summed E-state index contributed by atoms with van der Waals surface area (Å²) in [4.78, 5) is 22.4. The fourth-order valence-electron chi connectivity index (χ4n) is 2.22. The van der Waals surface area contributed by atoms with Gasteiger partial charge in [-0.1, -0.05) is 27.5 Å². The smallest absolute Gasteiger partial charge is 0.291 e. The van der Waals surface area contributed by atoms with Crippen molar-refractivity contribution in [2.75, 3.05) is 5.32 Å². The third kappa shape index (κ3) is 4.08. The number of hydrogen-bond acceptors (Lipinski definition) is 6. The van der Waals surface area contributed by atoms with E-state index in [0.29, 0.717) is 4.47 Å². The highest BCUT2D eigenvalue weighted by Gasteiger charge is 2.24. The Bertz CT molecular complexity index is 1170. The molecular formula is C17H10BrClN2O6S. The number of non-ortho nitro benzene ring substituents is 1. The SMILES string of the molecule is O=C(Nc1ccc([N+](=O)[O-])cc1Cl)c1ccc(S(=O)(=O)c2ccc(Br)cc2)o1. The summed E-state index contributed by atoms with van der Waals surface area (Å²) in [6, 6.07) is 11.8. The average Bonchev–Trinajstić information content (AvgIpc) is 3.14. The van der Waals surface area contributed by atoms with E-state index in [1.807, 2.05) is 0 Å². The minimum atomic E-state index is -3.93. The number of nitro groups is 1. The number of halogens is 2. The first-order valence-corrected chi connectivity index (χ1v) is 10.2. The molecule has 0 radical (unpaired) electrons. The van der Waals surface area contributed by atoms with Crippen LogP contribution in [0.25, 0.3) is 0 Å². The standard InChI is InChI=1S/C17H10BrClN2O6S/c18-10-1-4-12(5-2-10)28(25,26)16-8-7-15(27-16)17(22)20-14-6-3-11(21(23)24)9-13(14)19/h1-9H,(H,20,22). The van der Waals surface area contributed by atoms with Gasteiger partial charge in [0.25, 0.3) is 11.6 Å². The summed E-state index contributed by atoms with van der Waals surface area (Å²) in [6.45, 7) is 0. The van der Waals surface area contributed by atoms with Gasteiger partial charge in [0.05, 0.1) is 20.5 Å². The van der Waals surface area contributed by atoms with Crippen molar-refractivity contribution in [1.82, 2.24) is 0 Å². The largest absolute Gasteiger partial charge is 0.439 e. The van der Waals surface area contributed by atoms with Crippen LogP contribution in [0.4, 0.5) is 11.4 Å². The number of carbonyl (C=O) groups excluding carboxylic acids is 1. The molecular weight excluding hydrogens is 476 g/mol. The van der Waals surface area contributed by atoms with E-state index in [-0.39, 0.29) is 27.1 Å². The number of sulfone groups is 1. The van der Waals surface area contributed by atoms with E-state index in [9.17, 15) is 23.3 Å². The van der Waals surface area contributed by atoms with Crippen LogP contribution in [-0.4, -0.2) is 19.2 Å². The highest BCUT2D eigenvalue weighted by Crippen LogP contribution is 2.28. The maximum absolute atomic E-state index is 12.6. The number of hydrogen-bond donors (Lipinski definition) is 1. The first-order valence-electron chi connectivity index (χ1n) is 7.54. The molecule has 0 saturated heterocycles. The lowest BCUT2D eigenvalue weighted by Gasteiger charge is -2.05. The molecule has 1 aromatic heterocycles. The molecule has 28 heavy (non-hydrogen) atoms. The lowest BCUT2D eigenvalue weighted by Crippen LogP contribution is -2.11. The summed E-state index contributed by atoms with van der Waals surface area (Å²) in [5.41, 5.74) is -0.116. The summed E-state index contributed by atoms with van der Waals surface area (Å²) >= 11 is 9.15. The van der Waals surface area contributed by atoms with Gasteiger partial charge in [-0.25, -0.2) is 8.42 Å². The van der Waals surface area contributed by atoms with Crippen molar-refractivity contribution < 1.29 is 22.6 Å². The molecule has 8 nitrogen and oxygen atoms in total. The molecule has 0 aliphatic rings. The molecule has 1 N–H and O–H groups in total. The number of rotatable bonds is 5. The van der Waals surface area contributed by atoms with Crippen LogP contribution in [0.1, 0.15) is 10.6 Å². The number of nitrogens with zero attached hydrogens (tertiary/aromatic N) is 1. The molecule has 1 amide bonds. The Labute approximate surface area is 172 Å². The zero-order chi connectivity index (χ0) is 20.5. The zero-order valence-electron chi connectivity index (χ0n) is 13.8. The molecule has 0 unspecified atom stereocenters. The quantitative estimate of drug-likeness (QED) is 0.413. The normalized spacial score (nSPS) is 11.2. The number of nitro benzene ring substituents is 1. The molecule has 0 spiro atoms. The van der Waals surface area contributed by atoms with Crippen LogP contribution in [0, 0.1) is 10.1 Å². The van der Waals surface area contributed by atoms with Gasteiger partial charge in [-0.05, 0) is 42.5 Å². The summed E-state index contributed by atoms with van der Waals surface area (Å²) < 4.78 is 31.1. The Morgan fingerprint density at radius 1 is 1.11 bits per heavy atom. The van der Waals surface area contributed by atoms with Gasteiger partial charge in [-0.15, -0.1) is 0 Å². The molecule has 1 heterocycles. The summed E-state index contributed by atoms with van der Waals surface area (Å²) in [6.07, 6.45) is 0. The monoisotopic (exact) mass is 484 g/mol. The van der Waals surface area contributed by atoms with Crippen LogP contribution in [0.15, 0.2) is 73.5 Å². The van der Waals surface area contributed by atoms with Gasteiger partial charge in [0.2, 0.25) is 14.9 Å². The molecule has 144 valence electrons. The number of carbonyl (C=O) groups is 1. The fraction of sp³-hybridized carbons (Fsp3) is 0. The van der Waals surface area contributed by atoms with Gasteiger partial charge in [-0.2, -0.15) is 0 Å². The van der Waals surface area contributed by atoms with Crippen molar-refractivity contribution in [2.24, 2.45) is 0 Å². The first-order chi connectivity index (χ1) is 13.2. The Morgan fingerprint density at radius 3 is 2.39 bits per heavy atom. The molecule has 0 saturated carbocycles. The predicted octanol–water partition coefficient (Wildman–Crippen LogP) is 4.69. The third-order valence-corrected chi connectivity index (χ3v) is 6.09. The molecule has 3 rings (SSSR count). The summed E-state index contributed by atoms with van der Waals surface area (Å²) in [5, 5.41) is 12.7. The van der Waals surface area contributed by atoms with Crippen LogP contribution >= 0.6 is 27.5 Å². The van der Waals surface area contributed by atoms with Crippen LogP contribution in [-0.2, 0) is 9.84 Å². The maximum atomic E-state index is 12.6. The number of anilines is 1. The van der Waals surface area contributed by atoms with Crippen molar-refractivity contribution in [3.63, 3.8) is 0 Å². The predicted molar refractivity (Wildman–Crippen MR) is 104 cm³/mol. The second-order valence-electron chi connectivity index (χ2n) is 5.45. The third-order valence-electron chi connectivity index (χ3n) is 3.61. The van der Waals surface area contributed by atoms with E-state index in [1.165, 1.54) is 36.4 Å². The van der Waals surface area contributed by atoms with Crippen LogP contribution in [0.3, 0.4) is 0 Å². The maximum Gasteiger partial charge on any atom is 0.291 e. The van der Waals surface area contributed by atoms with E-state index in [4.69, 9.17) is 16.0 Å². The van der Waals surface area contributed by atoms with Crippen molar-refractivity contribution >= 4 is 54.7 Å². The molecule has 0 aliphatic carbocycles. The number of amides is 1. The highest BCUT2D eigenvalue weighted by atomic mass is 79.9. The number of benzene rings is 2. The first kappa shape index (κ1) is 20.1. The second kappa shape index (κ2) is 7.74. The van der Waals surface area contributed by atoms with Gasteiger partial charge in [0, 0.05) is 16.6 Å². The molecule has 0 atom stereocenters. The molecule has 0 bridgehead atoms. The van der Waals surface area contributed by atoms with Gasteiger partial charge >= 0.3 is 0 Å². The topological polar surface area (TPSA) is 120 Å². The number of nitrogens with one attached hydrogen (secondary N) is 1. The van der Waals surface area contributed by atoms with Crippen molar-refractivity contribution in [3.8, 4) is 0 Å². The molecule has 3 aromatic rings. The lowest BCUT2D eigenvalue weighted by atomic mass is 10.2. The van der Waals surface area contributed by atoms with E-state index in [2.05, 4.69) is 21.2 Å². The van der Waals surface area contributed by atoms with Crippen LogP contribution < -0.4 is 5.32 Å². The molecule has 11 heteroatoms. The Balaban J connectivity index is 1.83. The Morgan fingerprint density at radius 2 is 1.79 bits per heavy atom. The van der Waals surface area contributed by atoms with Crippen molar-refractivity contribution in [3.05, 3.63) is 80.0 Å². The summed E-state index contributed by atoms with van der Waals surface area (Å²) in [7, 11) is -3.93. The highest BCUT2D eigenvalue weighted by molar-refractivity contribution is 9.10. The van der Waals surface area contributed by atoms with Crippen molar-refractivity contribution in [1.29, 1.82) is 0 Å². The van der Waals surface area contributed by atoms with E-state index < -0.39 is 25.8 Å². The van der Waals surface area contributed by atoms with Gasteiger partial charge < -0.3 is 9.73 Å². The van der Waals surface area contributed by atoms with E-state index >= 15 is 0 Å². The summed E-state index contributed by atoms with van der Waals surface area (Å²) in [5.74, 6) is -1.02.